The van der Waals surface area contributed by atoms with Gasteiger partial charge in [0.1, 0.15) is 0 Å². The molecule has 2 heterocycles. The smallest absolute Gasteiger partial charge is 0.223 e. The van der Waals surface area contributed by atoms with Crippen LogP contribution in [0.25, 0.3) is 0 Å². The molecule has 7 heteroatoms. The lowest BCUT2D eigenvalue weighted by Gasteiger charge is -2.29. The molecule has 0 bridgehead atoms. The number of fused-ring (bicyclic) bond motifs is 1. The number of sulfone groups is 1. The van der Waals surface area contributed by atoms with Gasteiger partial charge in [-0.05, 0) is 55.9 Å². The molecule has 1 fully saturated rings. The van der Waals surface area contributed by atoms with Gasteiger partial charge in [0.2, 0.25) is 11.8 Å². The van der Waals surface area contributed by atoms with Crippen molar-refractivity contribution in [3.8, 4) is 0 Å². The van der Waals surface area contributed by atoms with Crippen LogP contribution in [0, 0.1) is 0 Å². The summed E-state index contributed by atoms with van der Waals surface area (Å²) in [5, 5.41) is 0. The third-order valence-electron chi connectivity index (χ3n) is 5.66. The molecule has 1 aromatic carbocycles. The quantitative estimate of drug-likeness (QED) is 0.772. The summed E-state index contributed by atoms with van der Waals surface area (Å²) in [5.41, 5.74) is 1.68. The number of likely N-dealkylation sites (tertiary alicyclic amines) is 1. The van der Waals surface area contributed by atoms with Crippen LogP contribution < -0.4 is 4.90 Å². The van der Waals surface area contributed by atoms with Gasteiger partial charge < -0.3 is 9.80 Å². The summed E-state index contributed by atoms with van der Waals surface area (Å²) in [4.78, 5) is 28.0. The van der Waals surface area contributed by atoms with Crippen molar-refractivity contribution in [1.82, 2.24) is 4.90 Å². The van der Waals surface area contributed by atoms with E-state index in [2.05, 4.69) is 6.92 Å². The Morgan fingerprint density at radius 2 is 1.96 bits per heavy atom. The Morgan fingerprint density at radius 3 is 2.67 bits per heavy atom. The second-order valence-corrected chi connectivity index (χ2v) is 9.53. The molecule has 0 saturated carbocycles. The van der Waals surface area contributed by atoms with Gasteiger partial charge in [-0.15, -0.1) is 0 Å². The predicted molar refractivity (Wildman–Crippen MR) is 104 cm³/mol. The van der Waals surface area contributed by atoms with Gasteiger partial charge in [-0.25, -0.2) is 8.42 Å². The van der Waals surface area contributed by atoms with Crippen molar-refractivity contribution in [1.29, 1.82) is 0 Å². The van der Waals surface area contributed by atoms with Crippen molar-refractivity contribution < 1.29 is 18.0 Å². The van der Waals surface area contributed by atoms with Crippen molar-refractivity contribution in [3.63, 3.8) is 0 Å². The second-order valence-electron chi connectivity index (χ2n) is 7.43. The number of aryl methyl sites for hydroxylation is 1. The molecule has 1 unspecified atom stereocenters. The molecular formula is C20H28N2O4S. The lowest BCUT2D eigenvalue weighted by atomic mass is 10.0. The average Bonchev–Trinajstić information content (AvgIpc) is 3.14. The molecule has 0 N–H and O–H groups in total. The predicted octanol–water partition coefficient (Wildman–Crippen LogP) is 2.55. The summed E-state index contributed by atoms with van der Waals surface area (Å²) in [6, 6.07) is 5.21. The van der Waals surface area contributed by atoms with Gasteiger partial charge in [0.05, 0.1) is 10.6 Å². The van der Waals surface area contributed by atoms with Crippen molar-refractivity contribution in [2.24, 2.45) is 0 Å². The van der Waals surface area contributed by atoms with Crippen LogP contribution in [0.5, 0.6) is 0 Å². The van der Waals surface area contributed by atoms with E-state index >= 15 is 0 Å². The van der Waals surface area contributed by atoms with E-state index in [1.807, 2.05) is 4.90 Å². The van der Waals surface area contributed by atoms with E-state index in [-0.39, 0.29) is 34.9 Å². The van der Waals surface area contributed by atoms with E-state index in [1.165, 1.54) is 6.92 Å². The minimum absolute atomic E-state index is 0.0233. The minimum atomic E-state index is -3.53. The van der Waals surface area contributed by atoms with Crippen molar-refractivity contribution in [2.75, 3.05) is 23.7 Å². The highest BCUT2D eigenvalue weighted by atomic mass is 32.2. The molecule has 6 nitrogen and oxygen atoms in total. The van der Waals surface area contributed by atoms with Crippen LogP contribution >= 0.6 is 0 Å². The molecule has 2 amide bonds. The van der Waals surface area contributed by atoms with Crippen LogP contribution in [0.15, 0.2) is 23.1 Å². The van der Waals surface area contributed by atoms with E-state index in [9.17, 15) is 18.0 Å². The van der Waals surface area contributed by atoms with Gasteiger partial charge in [0.15, 0.2) is 9.84 Å². The number of amides is 2. The fraction of sp³-hybridized carbons (Fsp3) is 0.600. The molecule has 3 rings (SSSR count). The highest BCUT2D eigenvalue weighted by Gasteiger charge is 2.29. The number of hydrogen-bond acceptors (Lipinski definition) is 4. The summed E-state index contributed by atoms with van der Waals surface area (Å²) < 4.78 is 25.5. The topological polar surface area (TPSA) is 74.8 Å². The van der Waals surface area contributed by atoms with Crippen LogP contribution in [-0.4, -0.2) is 50.0 Å². The largest absolute Gasteiger partial charge is 0.340 e. The Kier molecular flexibility index (Phi) is 5.89. The second kappa shape index (κ2) is 8.00. The summed E-state index contributed by atoms with van der Waals surface area (Å²) in [6.07, 6.45) is 4.52. The Hall–Kier alpha value is -1.89. The molecule has 0 aliphatic carbocycles. The van der Waals surface area contributed by atoms with E-state index in [0.717, 1.165) is 49.9 Å². The number of rotatable bonds is 5. The first-order valence-electron chi connectivity index (χ1n) is 9.76. The fourth-order valence-corrected chi connectivity index (χ4v) is 5.44. The first kappa shape index (κ1) is 19.9. The van der Waals surface area contributed by atoms with Gasteiger partial charge in [-0.2, -0.15) is 0 Å². The monoisotopic (exact) mass is 392 g/mol. The van der Waals surface area contributed by atoms with Crippen LogP contribution in [0.3, 0.4) is 0 Å². The molecule has 2 aliphatic rings. The van der Waals surface area contributed by atoms with E-state index in [1.54, 1.807) is 23.1 Å². The maximum absolute atomic E-state index is 12.8. The standard InChI is InChI=1S/C20H28N2O4S/c1-3-17-7-5-12-22(17)20(24)10-13-27(25,26)18-8-9-19-16(14-18)6-4-11-21(19)15(2)23/h8-9,14,17H,3-7,10-13H2,1-2H3. The average molecular weight is 393 g/mol. The fourth-order valence-electron chi connectivity index (χ4n) is 4.17. The molecule has 0 radical (unpaired) electrons. The van der Waals surface area contributed by atoms with Gasteiger partial charge >= 0.3 is 0 Å². The van der Waals surface area contributed by atoms with Crippen molar-refractivity contribution in [3.05, 3.63) is 23.8 Å². The summed E-state index contributed by atoms with van der Waals surface area (Å²) >= 11 is 0. The SMILES string of the molecule is CCC1CCCN1C(=O)CCS(=O)(=O)c1ccc2c(c1)CCCN2C(C)=O. The zero-order valence-corrected chi connectivity index (χ0v) is 16.9. The highest BCUT2D eigenvalue weighted by Crippen LogP contribution is 2.30. The molecule has 1 aromatic rings. The van der Waals surface area contributed by atoms with Gasteiger partial charge in [0.25, 0.3) is 0 Å². The molecule has 27 heavy (non-hydrogen) atoms. The van der Waals surface area contributed by atoms with Crippen LogP contribution in [-0.2, 0) is 25.8 Å². The van der Waals surface area contributed by atoms with Gasteiger partial charge in [0, 0.05) is 38.2 Å². The van der Waals surface area contributed by atoms with Crippen molar-refractivity contribution >= 4 is 27.3 Å². The summed E-state index contributed by atoms with van der Waals surface area (Å²) in [5.74, 6) is -0.273. The molecule has 148 valence electrons. The first-order valence-corrected chi connectivity index (χ1v) is 11.4. The minimum Gasteiger partial charge on any atom is -0.340 e. The van der Waals surface area contributed by atoms with Crippen LogP contribution in [0.2, 0.25) is 0 Å². The molecule has 2 aliphatic heterocycles. The number of nitrogens with zero attached hydrogens (tertiary/aromatic N) is 2. The van der Waals surface area contributed by atoms with Crippen LogP contribution in [0.1, 0.15) is 51.5 Å². The number of anilines is 1. The number of hydrogen-bond donors (Lipinski definition) is 0. The number of carbonyl (C=O) groups excluding carboxylic acids is 2. The van der Waals surface area contributed by atoms with Crippen molar-refractivity contribution in [2.45, 2.75) is 63.3 Å². The molecular weight excluding hydrogens is 364 g/mol. The highest BCUT2D eigenvalue weighted by molar-refractivity contribution is 7.91. The lowest BCUT2D eigenvalue weighted by Crippen LogP contribution is -2.36. The third-order valence-corrected chi connectivity index (χ3v) is 7.38. The zero-order valence-electron chi connectivity index (χ0n) is 16.1. The summed E-state index contributed by atoms with van der Waals surface area (Å²) in [6.45, 7) is 4.98. The van der Waals surface area contributed by atoms with Gasteiger partial charge in [-0.1, -0.05) is 6.92 Å². The lowest BCUT2D eigenvalue weighted by molar-refractivity contribution is -0.131. The zero-order chi connectivity index (χ0) is 19.6. The van der Waals surface area contributed by atoms with E-state index in [4.69, 9.17) is 0 Å². The third kappa shape index (κ3) is 4.18. The number of carbonyl (C=O) groups is 2. The first-order chi connectivity index (χ1) is 12.8. The Morgan fingerprint density at radius 1 is 1.19 bits per heavy atom. The molecule has 1 saturated heterocycles. The number of benzene rings is 1. The normalized spacial score (nSPS) is 19.9. The maximum Gasteiger partial charge on any atom is 0.223 e. The molecule has 0 spiro atoms. The van der Waals surface area contributed by atoms with Crippen LogP contribution in [0.4, 0.5) is 5.69 Å². The summed E-state index contributed by atoms with van der Waals surface area (Å²) in [7, 11) is -3.53. The van der Waals surface area contributed by atoms with E-state index < -0.39 is 9.84 Å². The molecule has 1 atom stereocenters. The van der Waals surface area contributed by atoms with E-state index in [0.29, 0.717) is 6.54 Å². The molecule has 0 aromatic heterocycles. The Labute approximate surface area is 161 Å². The Balaban J connectivity index is 1.72. The van der Waals surface area contributed by atoms with Gasteiger partial charge in [-0.3, -0.25) is 9.59 Å². The maximum atomic E-state index is 12.8. The Bertz CT molecular complexity index is 834.